The van der Waals surface area contributed by atoms with Gasteiger partial charge in [0.25, 0.3) is 0 Å². The molecule has 0 bridgehead atoms. The molecule has 1 saturated heterocycles. The quantitative estimate of drug-likeness (QED) is 0.312. The molecule has 0 unspecified atom stereocenters. The summed E-state index contributed by atoms with van der Waals surface area (Å²) in [5, 5.41) is 7.85. The van der Waals surface area contributed by atoms with Crippen molar-refractivity contribution in [2.45, 2.75) is 38.6 Å². The molecule has 4 aromatic rings. The van der Waals surface area contributed by atoms with E-state index in [1.165, 1.54) is 18.4 Å². The van der Waals surface area contributed by atoms with Crippen LogP contribution in [-0.4, -0.2) is 69.0 Å². The topological polar surface area (TPSA) is 89.2 Å². The van der Waals surface area contributed by atoms with Crippen molar-refractivity contribution in [1.29, 1.82) is 0 Å². The minimum absolute atomic E-state index is 0.0159. The van der Waals surface area contributed by atoms with Crippen LogP contribution in [-0.2, 0) is 0 Å². The number of nitrogens with one attached hydrogen (secondary N) is 3. The number of hydrogen-bond acceptors (Lipinski definition) is 6. The van der Waals surface area contributed by atoms with Gasteiger partial charge in [0, 0.05) is 48.1 Å². The van der Waals surface area contributed by atoms with Crippen LogP contribution < -0.4 is 10.6 Å². The summed E-state index contributed by atoms with van der Waals surface area (Å²) >= 11 is 1.64. The number of rotatable bonds is 6. The molecular weight excluding hydrogens is 482 g/mol. The molecule has 1 fully saturated rings. The molecule has 9 heteroatoms. The molecule has 2 amide bonds. The van der Waals surface area contributed by atoms with Gasteiger partial charge >= 0.3 is 6.03 Å². The number of urea groups is 1. The number of pyridine rings is 1. The molecular formula is C28H33N7OS. The van der Waals surface area contributed by atoms with Crippen molar-refractivity contribution in [1.82, 2.24) is 30.1 Å². The van der Waals surface area contributed by atoms with Crippen LogP contribution in [0, 0.1) is 0 Å². The second-order valence-electron chi connectivity index (χ2n) is 10.7. The number of amides is 2. The second kappa shape index (κ2) is 9.79. The Balaban J connectivity index is 1.14. The summed E-state index contributed by atoms with van der Waals surface area (Å²) in [6, 6.07) is 10.4. The van der Waals surface area contributed by atoms with E-state index in [1.807, 2.05) is 28.7 Å². The van der Waals surface area contributed by atoms with Crippen LogP contribution in [0.3, 0.4) is 0 Å². The largest absolute Gasteiger partial charge is 0.355 e. The first kappa shape index (κ1) is 23.9. The van der Waals surface area contributed by atoms with Crippen molar-refractivity contribution in [3.05, 3.63) is 53.8 Å². The molecule has 0 saturated carbocycles. The Bertz CT molecular complexity index is 1460. The summed E-state index contributed by atoms with van der Waals surface area (Å²) in [5.41, 5.74) is 7.80. The van der Waals surface area contributed by atoms with E-state index in [4.69, 9.17) is 0 Å². The first-order valence-corrected chi connectivity index (χ1v) is 13.9. The molecule has 6 rings (SSSR count). The Morgan fingerprint density at radius 1 is 1.14 bits per heavy atom. The van der Waals surface area contributed by atoms with E-state index < -0.39 is 0 Å². The first-order chi connectivity index (χ1) is 17.9. The summed E-state index contributed by atoms with van der Waals surface area (Å²) in [4.78, 5) is 29.7. The zero-order valence-electron chi connectivity index (χ0n) is 21.4. The van der Waals surface area contributed by atoms with Gasteiger partial charge < -0.3 is 25.4 Å². The van der Waals surface area contributed by atoms with Gasteiger partial charge in [-0.25, -0.2) is 14.8 Å². The third-order valence-corrected chi connectivity index (χ3v) is 8.04. The number of thiazole rings is 1. The van der Waals surface area contributed by atoms with Crippen LogP contribution in [0.4, 0.5) is 16.2 Å². The lowest BCUT2D eigenvalue weighted by Gasteiger charge is -2.34. The molecule has 192 valence electrons. The van der Waals surface area contributed by atoms with Crippen molar-refractivity contribution >= 4 is 55.6 Å². The zero-order chi connectivity index (χ0) is 25.4. The van der Waals surface area contributed by atoms with Gasteiger partial charge in [-0.1, -0.05) is 6.08 Å². The van der Waals surface area contributed by atoms with Crippen molar-refractivity contribution in [2.75, 3.05) is 38.0 Å². The van der Waals surface area contributed by atoms with Crippen LogP contribution in [0.25, 0.3) is 26.8 Å². The van der Waals surface area contributed by atoms with E-state index in [1.54, 1.807) is 11.3 Å². The van der Waals surface area contributed by atoms with E-state index in [-0.39, 0.29) is 11.6 Å². The maximum atomic E-state index is 13.0. The zero-order valence-corrected chi connectivity index (χ0v) is 22.2. The molecule has 0 spiro atoms. The lowest BCUT2D eigenvalue weighted by Crippen LogP contribution is -2.55. The predicted molar refractivity (Wildman–Crippen MR) is 151 cm³/mol. The van der Waals surface area contributed by atoms with Crippen LogP contribution in [0.5, 0.6) is 0 Å². The summed E-state index contributed by atoms with van der Waals surface area (Å²) in [6.45, 7) is 8.69. The monoisotopic (exact) mass is 515 g/mol. The number of hydrogen-bond donors (Lipinski definition) is 3. The molecule has 37 heavy (non-hydrogen) atoms. The standard InChI is InChI=1S/C28H33N7OS/c1-28(2,17-34-11-3-4-12-34)33-27(36)35-13-8-19(9-14-35)24-16-21-22(7-10-29-26(21)32-24)31-20-5-6-23-25(15-20)37-18-30-23/h5-8,10,15-16,18H,3-4,9,11-14,17H2,1-2H3,(H,33,36)(H2,29,31,32). The van der Waals surface area contributed by atoms with E-state index in [9.17, 15) is 4.79 Å². The molecule has 0 radical (unpaired) electrons. The molecule has 2 aliphatic rings. The highest BCUT2D eigenvalue weighted by Crippen LogP contribution is 2.31. The summed E-state index contributed by atoms with van der Waals surface area (Å²) in [6.07, 6.45) is 7.30. The number of nitrogens with zero attached hydrogens (tertiary/aromatic N) is 4. The fourth-order valence-corrected chi connectivity index (χ4v) is 6.12. The molecule has 0 atom stereocenters. The van der Waals surface area contributed by atoms with Crippen molar-refractivity contribution < 1.29 is 4.79 Å². The number of carbonyl (C=O) groups is 1. The van der Waals surface area contributed by atoms with Crippen LogP contribution in [0.15, 0.2) is 48.1 Å². The smallest absolute Gasteiger partial charge is 0.318 e. The minimum Gasteiger partial charge on any atom is -0.355 e. The molecule has 1 aromatic carbocycles. The van der Waals surface area contributed by atoms with Gasteiger partial charge in [0.05, 0.1) is 21.4 Å². The third kappa shape index (κ3) is 5.19. The number of fused-ring (bicyclic) bond motifs is 2. The van der Waals surface area contributed by atoms with Crippen molar-refractivity contribution in [2.24, 2.45) is 0 Å². The highest BCUT2D eigenvalue weighted by molar-refractivity contribution is 7.16. The minimum atomic E-state index is -0.248. The SMILES string of the molecule is CC(C)(CN1CCCC1)NC(=O)N1CC=C(c2cc3c(Nc4ccc5ncsc5c4)ccnc3[nH]2)CC1. The van der Waals surface area contributed by atoms with Gasteiger partial charge in [0.15, 0.2) is 0 Å². The third-order valence-electron chi connectivity index (χ3n) is 7.25. The Morgan fingerprint density at radius 3 is 2.81 bits per heavy atom. The molecule has 5 heterocycles. The summed E-state index contributed by atoms with van der Waals surface area (Å²) < 4.78 is 1.16. The first-order valence-electron chi connectivity index (χ1n) is 13.0. The number of carbonyl (C=O) groups excluding carboxylic acids is 1. The summed E-state index contributed by atoms with van der Waals surface area (Å²) in [5.74, 6) is 0. The van der Waals surface area contributed by atoms with E-state index in [2.05, 4.69) is 68.6 Å². The van der Waals surface area contributed by atoms with Gasteiger partial charge in [-0.05, 0) is 82.1 Å². The maximum Gasteiger partial charge on any atom is 0.318 e. The van der Waals surface area contributed by atoms with Gasteiger partial charge in [-0.15, -0.1) is 11.3 Å². The number of H-pyrrole nitrogens is 1. The van der Waals surface area contributed by atoms with E-state index >= 15 is 0 Å². The molecule has 3 N–H and O–H groups in total. The lowest BCUT2D eigenvalue weighted by atomic mass is 10.0. The normalized spacial score (nSPS) is 16.9. The average molecular weight is 516 g/mol. The highest BCUT2D eigenvalue weighted by Gasteiger charge is 2.28. The Labute approximate surface area is 220 Å². The molecule has 3 aromatic heterocycles. The van der Waals surface area contributed by atoms with Gasteiger partial charge in [-0.3, -0.25) is 0 Å². The second-order valence-corrected chi connectivity index (χ2v) is 11.6. The molecule has 0 aliphatic carbocycles. The molecule has 2 aliphatic heterocycles. The number of aromatic nitrogens is 3. The van der Waals surface area contributed by atoms with Gasteiger partial charge in [0.2, 0.25) is 0 Å². The number of anilines is 2. The number of aromatic amines is 1. The van der Waals surface area contributed by atoms with Gasteiger partial charge in [0.1, 0.15) is 5.65 Å². The van der Waals surface area contributed by atoms with E-state index in [0.717, 1.165) is 64.4 Å². The molecule has 8 nitrogen and oxygen atoms in total. The van der Waals surface area contributed by atoms with E-state index in [0.29, 0.717) is 13.1 Å². The average Bonchev–Trinajstić information content (AvgIpc) is 3.64. The van der Waals surface area contributed by atoms with Crippen LogP contribution in [0.2, 0.25) is 0 Å². The summed E-state index contributed by atoms with van der Waals surface area (Å²) in [7, 11) is 0. The van der Waals surface area contributed by atoms with Crippen LogP contribution >= 0.6 is 11.3 Å². The Hall–Kier alpha value is -3.43. The van der Waals surface area contributed by atoms with Crippen molar-refractivity contribution in [3.63, 3.8) is 0 Å². The lowest BCUT2D eigenvalue weighted by molar-refractivity contribution is 0.178. The van der Waals surface area contributed by atoms with Gasteiger partial charge in [-0.2, -0.15) is 0 Å². The Kier molecular flexibility index (Phi) is 6.34. The predicted octanol–water partition coefficient (Wildman–Crippen LogP) is 5.59. The fraction of sp³-hybridized carbons (Fsp3) is 0.393. The Morgan fingerprint density at radius 2 is 2.00 bits per heavy atom. The highest BCUT2D eigenvalue weighted by atomic mass is 32.1. The number of likely N-dealkylation sites (tertiary alicyclic amines) is 1. The number of benzene rings is 1. The van der Waals surface area contributed by atoms with Crippen molar-refractivity contribution in [3.8, 4) is 0 Å². The van der Waals surface area contributed by atoms with Crippen LogP contribution in [0.1, 0.15) is 38.8 Å². The maximum absolute atomic E-state index is 13.0. The fourth-order valence-electron chi connectivity index (χ4n) is 5.40.